The summed E-state index contributed by atoms with van der Waals surface area (Å²) in [5.74, 6) is 0.909. The molecule has 0 aliphatic rings. The second-order valence-electron chi connectivity index (χ2n) is 5.84. The van der Waals surface area contributed by atoms with Crippen molar-refractivity contribution in [1.29, 1.82) is 0 Å². The standard InChI is InChI=1S/C20H22N2O/c1-3-20(23,18-12-8-5-9-13-18)19-14-21-16(2)22(19)15-17-10-6-4-7-11-17/h4-14,23H,3,15H2,1-2H3/t20-/m1/s1. The largest absolute Gasteiger partial charge is 0.379 e. The van der Waals surface area contributed by atoms with Gasteiger partial charge in [0.15, 0.2) is 0 Å². The van der Waals surface area contributed by atoms with E-state index >= 15 is 0 Å². The van der Waals surface area contributed by atoms with Crippen LogP contribution in [-0.4, -0.2) is 14.7 Å². The van der Waals surface area contributed by atoms with Crippen LogP contribution in [0.1, 0.15) is 36.0 Å². The summed E-state index contributed by atoms with van der Waals surface area (Å²) in [4.78, 5) is 4.46. The maximum absolute atomic E-state index is 11.4. The topological polar surface area (TPSA) is 38.1 Å². The number of aryl methyl sites for hydroxylation is 1. The Bertz CT molecular complexity index is 765. The molecule has 0 aliphatic heterocycles. The third-order valence-electron chi connectivity index (χ3n) is 4.43. The van der Waals surface area contributed by atoms with Crippen molar-refractivity contribution in [3.8, 4) is 0 Å². The third kappa shape index (κ3) is 2.92. The molecular formula is C20H22N2O. The lowest BCUT2D eigenvalue weighted by Gasteiger charge is -2.29. The minimum Gasteiger partial charge on any atom is -0.379 e. The lowest BCUT2D eigenvalue weighted by molar-refractivity contribution is 0.0681. The average molecular weight is 306 g/mol. The van der Waals surface area contributed by atoms with E-state index in [4.69, 9.17) is 0 Å². The van der Waals surface area contributed by atoms with Crippen molar-refractivity contribution < 1.29 is 5.11 Å². The van der Waals surface area contributed by atoms with Crippen LogP contribution in [-0.2, 0) is 12.1 Å². The molecule has 0 saturated carbocycles. The molecule has 3 rings (SSSR count). The van der Waals surface area contributed by atoms with Gasteiger partial charge in [0.05, 0.1) is 11.9 Å². The first kappa shape index (κ1) is 15.5. The maximum atomic E-state index is 11.4. The minimum atomic E-state index is -1.03. The lowest BCUT2D eigenvalue weighted by Crippen LogP contribution is -2.30. The van der Waals surface area contributed by atoms with Crippen LogP contribution in [0.3, 0.4) is 0 Å². The van der Waals surface area contributed by atoms with Gasteiger partial charge in [0.1, 0.15) is 11.4 Å². The van der Waals surface area contributed by atoms with Crippen LogP contribution in [0.4, 0.5) is 0 Å². The summed E-state index contributed by atoms with van der Waals surface area (Å²) < 4.78 is 2.10. The molecule has 1 aromatic heterocycles. The molecule has 0 spiro atoms. The van der Waals surface area contributed by atoms with Gasteiger partial charge in [-0.1, -0.05) is 67.6 Å². The number of imidazole rings is 1. The zero-order valence-electron chi connectivity index (χ0n) is 13.6. The molecule has 23 heavy (non-hydrogen) atoms. The summed E-state index contributed by atoms with van der Waals surface area (Å²) in [6.45, 7) is 4.69. The summed E-state index contributed by atoms with van der Waals surface area (Å²) in [7, 11) is 0. The van der Waals surface area contributed by atoms with Crippen LogP contribution < -0.4 is 0 Å². The van der Waals surface area contributed by atoms with Gasteiger partial charge < -0.3 is 9.67 Å². The van der Waals surface area contributed by atoms with Crippen LogP contribution in [0, 0.1) is 6.92 Å². The minimum absolute atomic E-state index is 0.594. The number of aliphatic hydroxyl groups is 1. The summed E-state index contributed by atoms with van der Waals surface area (Å²) in [6, 6.07) is 20.1. The average Bonchev–Trinajstić information content (AvgIpc) is 2.97. The number of benzene rings is 2. The molecule has 3 aromatic rings. The Morgan fingerprint density at radius 2 is 1.61 bits per heavy atom. The van der Waals surface area contributed by atoms with Crippen LogP contribution in [0.25, 0.3) is 0 Å². The molecule has 1 N–H and O–H groups in total. The molecule has 118 valence electrons. The van der Waals surface area contributed by atoms with Gasteiger partial charge in [-0.3, -0.25) is 0 Å². The molecule has 1 atom stereocenters. The molecule has 0 saturated heterocycles. The van der Waals surface area contributed by atoms with E-state index in [1.807, 2.05) is 62.4 Å². The Labute approximate surface area is 137 Å². The van der Waals surface area contributed by atoms with Gasteiger partial charge in [-0.15, -0.1) is 0 Å². The van der Waals surface area contributed by atoms with Gasteiger partial charge in [0.2, 0.25) is 0 Å². The first-order chi connectivity index (χ1) is 11.1. The van der Waals surface area contributed by atoms with E-state index in [0.717, 1.165) is 17.1 Å². The quantitative estimate of drug-likeness (QED) is 0.776. The first-order valence-electron chi connectivity index (χ1n) is 7.99. The molecule has 0 amide bonds. The van der Waals surface area contributed by atoms with Gasteiger partial charge in [-0.05, 0) is 24.5 Å². The van der Waals surface area contributed by atoms with E-state index in [9.17, 15) is 5.11 Å². The second kappa shape index (κ2) is 6.39. The Hall–Kier alpha value is -2.39. The van der Waals surface area contributed by atoms with Gasteiger partial charge >= 0.3 is 0 Å². The summed E-state index contributed by atoms with van der Waals surface area (Å²) >= 11 is 0. The zero-order valence-corrected chi connectivity index (χ0v) is 13.6. The number of rotatable bonds is 5. The third-order valence-corrected chi connectivity index (χ3v) is 4.43. The molecule has 0 aliphatic carbocycles. The Morgan fingerprint density at radius 3 is 2.22 bits per heavy atom. The number of nitrogens with zero attached hydrogens (tertiary/aromatic N) is 2. The van der Waals surface area contributed by atoms with E-state index in [0.29, 0.717) is 13.0 Å². The normalized spacial score (nSPS) is 13.7. The molecule has 0 unspecified atom stereocenters. The van der Waals surface area contributed by atoms with Crippen LogP contribution >= 0.6 is 0 Å². The predicted octanol–water partition coefficient (Wildman–Crippen LogP) is 3.89. The van der Waals surface area contributed by atoms with E-state index < -0.39 is 5.60 Å². The van der Waals surface area contributed by atoms with Crippen molar-refractivity contribution in [2.75, 3.05) is 0 Å². The number of aromatic nitrogens is 2. The van der Waals surface area contributed by atoms with Crippen LogP contribution in [0.2, 0.25) is 0 Å². The van der Waals surface area contributed by atoms with Gasteiger partial charge in [0.25, 0.3) is 0 Å². The second-order valence-corrected chi connectivity index (χ2v) is 5.84. The zero-order chi connectivity index (χ0) is 16.3. The summed E-state index contributed by atoms with van der Waals surface area (Å²) in [6.07, 6.45) is 2.39. The fourth-order valence-electron chi connectivity index (χ4n) is 3.01. The van der Waals surface area contributed by atoms with Crippen LogP contribution in [0.15, 0.2) is 66.9 Å². The Kier molecular flexibility index (Phi) is 4.30. The molecule has 3 nitrogen and oxygen atoms in total. The fourth-order valence-corrected chi connectivity index (χ4v) is 3.01. The van der Waals surface area contributed by atoms with Crippen molar-refractivity contribution in [3.05, 3.63) is 89.5 Å². The molecule has 2 aromatic carbocycles. The van der Waals surface area contributed by atoms with Crippen LogP contribution in [0.5, 0.6) is 0 Å². The summed E-state index contributed by atoms with van der Waals surface area (Å²) in [5.41, 5.74) is 1.91. The van der Waals surface area contributed by atoms with Crippen molar-refractivity contribution in [3.63, 3.8) is 0 Å². The maximum Gasteiger partial charge on any atom is 0.131 e. The van der Waals surface area contributed by atoms with Gasteiger partial charge in [-0.25, -0.2) is 4.98 Å². The highest BCUT2D eigenvalue weighted by molar-refractivity contribution is 5.33. The molecule has 1 heterocycles. The van der Waals surface area contributed by atoms with E-state index in [2.05, 4.69) is 21.7 Å². The Balaban J connectivity index is 2.06. The van der Waals surface area contributed by atoms with Crippen molar-refractivity contribution in [2.24, 2.45) is 0 Å². The number of hydrogen-bond acceptors (Lipinski definition) is 2. The monoisotopic (exact) mass is 306 g/mol. The number of hydrogen-bond donors (Lipinski definition) is 1. The fraction of sp³-hybridized carbons (Fsp3) is 0.250. The van der Waals surface area contributed by atoms with Crippen molar-refractivity contribution >= 4 is 0 Å². The highest BCUT2D eigenvalue weighted by Crippen LogP contribution is 2.33. The smallest absolute Gasteiger partial charge is 0.131 e. The molecular weight excluding hydrogens is 284 g/mol. The van der Waals surface area contributed by atoms with Gasteiger partial charge in [-0.2, -0.15) is 0 Å². The Morgan fingerprint density at radius 1 is 1.00 bits per heavy atom. The van der Waals surface area contributed by atoms with E-state index in [-0.39, 0.29) is 0 Å². The molecule has 0 bridgehead atoms. The van der Waals surface area contributed by atoms with E-state index in [1.165, 1.54) is 5.56 Å². The van der Waals surface area contributed by atoms with E-state index in [1.54, 1.807) is 6.20 Å². The SMILES string of the molecule is CC[C@@](O)(c1ccccc1)c1cnc(C)n1Cc1ccccc1. The lowest BCUT2D eigenvalue weighted by atomic mass is 9.88. The van der Waals surface area contributed by atoms with Crippen molar-refractivity contribution in [2.45, 2.75) is 32.4 Å². The van der Waals surface area contributed by atoms with Gasteiger partial charge in [0, 0.05) is 6.54 Å². The molecule has 3 heteroatoms. The first-order valence-corrected chi connectivity index (χ1v) is 7.99. The summed E-state index contributed by atoms with van der Waals surface area (Å²) in [5, 5.41) is 11.4. The highest BCUT2D eigenvalue weighted by atomic mass is 16.3. The molecule has 0 fully saturated rings. The van der Waals surface area contributed by atoms with Crippen molar-refractivity contribution in [1.82, 2.24) is 9.55 Å². The molecule has 0 radical (unpaired) electrons. The highest BCUT2D eigenvalue weighted by Gasteiger charge is 2.33. The predicted molar refractivity (Wildman–Crippen MR) is 92.2 cm³/mol.